The van der Waals surface area contributed by atoms with Crippen LogP contribution < -0.4 is 0 Å². The third-order valence-electron chi connectivity index (χ3n) is 12.0. The zero-order valence-electron chi connectivity index (χ0n) is 40.1. The molecule has 6 atom stereocenters. The Morgan fingerprint density at radius 1 is 0.484 bits per heavy atom. The van der Waals surface area contributed by atoms with Crippen LogP contribution >= 0.6 is 7.82 Å². The Kier molecular flexibility index (Phi) is 38.1. The second kappa shape index (κ2) is 40.4. The number of phosphoric acid groups is 1. The molecule has 0 amide bonds. The number of carbonyl (C=O) groups is 2. The average Bonchev–Trinajstić information content (AvgIpc) is 3.28. The van der Waals surface area contributed by atoms with E-state index >= 15 is 0 Å². The lowest BCUT2D eigenvalue weighted by Crippen LogP contribution is -2.64. The summed E-state index contributed by atoms with van der Waals surface area (Å²) in [5.74, 6) is -1.10. The summed E-state index contributed by atoms with van der Waals surface area (Å²) in [6, 6.07) is 0. The smallest absolute Gasteiger partial charge is 0.462 e. The highest BCUT2D eigenvalue weighted by molar-refractivity contribution is 7.47. The maximum atomic E-state index is 12.8. The van der Waals surface area contributed by atoms with Gasteiger partial charge in [0, 0.05) is 12.8 Å². The summed E-state index contributed by atoms with van der Waals surface area (Å²) >= 11 is 0. The van der Waals surface area contributed by atoms with Gasteiger partial charge in [0.25, 0.3) is 0 Å². The first-order valence-corrected chi connectivity index (χ1v) is 27.1. The maximum absolute atomic E-state index is 12.8. The molecule has 0 aromatic heterocycles. The van der Waals surface area contributed by atoms with Crippen molar-refractivity contribution < 1.29 is 63.1 Å². The first-order chi connectivity index (χ1) is 30.9. The van der Waals surface area contributed by atoms with E-state index in [1.807, 2.05) is 0 Å². The highest BCUT2D eigenvalue weighted by Crippen LogP contribution is 2.47. The van der Waals surface area contributed by atoms with Crippen LogP contribution in [-0.4, -0.2) is 98.3 Å². The third-order valence-corrected chi connectivity index (χ3v) is 13.0. The molecule has 0 radical (unpaired) electrons. The van der Waals surface area contributed by atoms with Gasteiger partial charge in [-0.1, -0.05) is 192 Å². The molecule has 0 aromatic rings. The molecule has 0 heterocycles. The minimum absolute atomic E-state index is 0.0908. The van der Waals surface area contributed by atoms with Crippen molar-refractivity contribution in [3.63, 3.8) is 0 Å². The minimum Gasteiger partial charge on any atom is -0.462 e. The van der Waals surface area contributed by atoms with E-state index in [0.29, 0.717) is 12.8 Å². The predicted molar refractivity (Wildman–Crippen MR) is 254 cm³/mol. The number of phosphoric ester groups is 1. The minimum atomic E-state index is -5.12. The average molecular weight is 933 g/mol. The van der Waals surface area contributed by atoms with Gasteiger partial charge in [0.1, 0.15) is 43.2 Å². The van der Waals surface area contributed by atoms with Crippen molar-refractivity contribution in [1.29, 1.82) is 0 Å². The molecule has 0 spiro atoms. The van der Waals surface area contributed by atoms with Crippen molar-refractivity contribution in [3.05, 3.63) is 24.3 Å². The van der Waals surface area contributed by atoms with Gasteiger partial charge in [-0.15, -0.1) is 0 Å². The molecule has 0 aromatic carbocycles. The molecule has 1 saturated carbocycles. The SMILES string of the molecule is CCCCCC/C=C\C/C=C\CCCCCCCCCC(=O)OC(COC(=O)CCCCCCCCCCCCCCCCCCC)COP(=O)(O)OC1C(O)C(O)C(O)C(O)C1O. The van der Waals surface area contributed by atoms with Gasteiger partial charge in [0.05, 0.1) is 6.61 Å². The first-order valence-electron chi connectivity index (χ1n) is 25.6. The summed E-state index contributed by atoms with van der Waals surface area (Å²) in [5.41, 5.74) is 0. The molecule has 1 rings (SSSR count). The number of carbonyl (C=O) groups excluding carboxylic acids is 2. The summed E-state index contributed by atoms with van der Waals surface area (Å²) in [6.45, 7) is 3.31. The summed E-state index contributed by atoms with van der Waals surface area (Å²) in [7, 11) is -5.12. The Labute approximate surface area is 387 Å². The molecule has 0 aliphatic heterocycles. The van der Waals surface area contributed by atoms with Crippen molar-refractivity contribution >= 4 is 19.8 Å². The Bertz CT molecular complexity index is 1220. The van der Waals surface area contributed by atoms with Crippen LogP contribution in [0.4, 0.5) is 0 Å². The van der Waals surface area contributed by atoms with E-state index < -0.39 is 75.7 Å². The molecule has 14 heteroatoms. The van der Waals surface area contributed by atoms with E-state index in [-0.39, 0.29) is 12.8 Å². The van der Waals surface area contributed by atoms with Crippen molar-refractivity contribution in [2.24, 2.45) is 0 Å². The molecule has 6 N–H and O–H groups in total. The molecular formula is C50H93O13P. The first kappa shape index (κ1) is 60.3. The van der Waals surface area contributed by atoms with Crippen LogP contribution in [0.2, 0.25) is 0 Å². The number of rotatable bonds is 43. The second-order valence-corrected chi connectivity index (χ2v) is 19.4. The summed E-state index contributed by atoms with van der Waals surface area (Å²) in [4.78, 5) is 35.8. The molecule has 0 saturated heterocycles. The van der Waals surface area contributed by atoms with Gasteiger partial charge in [0.2, 0.25) is 0 Å². The van der Waals surface area contributed by atoms with Gasteiger partial charge >= 0.3 is 19.8 Å². The lowest BCUT2D eigenvalue weighted by atomic mass is 9.85. The van der Waals surface area contributed by atoms with Crippen LogP contribution in [0.3, 0.4) is 0 Å². The topological polar surface area (TPSA) is 210 Å². The van der Waals surface area contributed by atoms with E-state index in [0.717, 1.165) is 70.6 Å². The molecule has 1 fully saturated rings. The van der Waals surface area contributed by atoms with Crippen molar-refractivity contribution in [3.8, 4) is 0 Å². The van der Waals surface area contributed by atoms with E-state index in [1.165, 1.54) is 116 Å². The van der Waals surface area contributed by atoms with Gasteiger partial charge in [-0.3, -0.25) is 18.6 Å². The highest BCUT2D eigenvalue weighted by Gasteiger charge is 2.51. The zero-order valence-corrected chi connectivity index (χ0v) is 41.0. The van der Waals surface area contributed by atoms with Gasteiger partial charge in [0.15, 0.2) is 6.10 Å². The van der Waals surface area contributed by atoms with Gasteiger partial charge in [-0.2, -0.15) is 0 Å². The van der Waals surface area contributed by atoms with Gasteiger partial charge in [-0.05, 0) is 44.9 Å². The summed E-state index contributed by atoms with van der Waals surface area (Å²) in [5, 5.41) is 50.2. The molecule has 64 heavy (non-hydrogen) atoms. The number of unbranched alkanes of at least 4 members (excludes halogenated alkanes) is 27. The number of hydrogen-bond acceptors (Lipinski definition) is 12. The van der Waals surface area contributed by atoms with Crippen LogP contribution in [0.25, 0.3) is 0 Å². The maximum Gasteiger partial charge on any atom is 0.472 e. The van der Waals surface area contributed by atoms with E-state index in [4.69, 9.17) is 18.5 Å². The number of aliphatic hydroxyl groups excluding tert-OH is 5. The van der Waals surface area contributed by atoms with Crippen molar-refractivity contribution in [2.45, 2.75) is 268 Å². The molecule has 376 valence electrons. The molecule has 13 nitrogen and oxygen atoms in total. The number of aliphatic hydroxyl groups is 5. The lowest BCUT2D eigenvalue weighted by Gasteiger charge is -2.41. The predicted octanol–water partition coefficient (Wildman–Crippen LogP) is 10.8. The quantitative estimate of drug-likeness (QED) is 0.0146. The van der Waals surface area contributed by atoms with Crippen molar-refractivity contribution in [1.82, 2.24) is 0 Å². The molecule has 6 unspecified atom stereocenters. The molecule has 1 aliphatic rings. The van der Waals surface area contributed by atoms with Crippen molar-refractivity contribution in [2.75, 3.05) is 13.2 Å². The Hall–Kier alpha value is -1.67. The largest absolute Gasteiger partial charge is 0.472 e. The summed E-state index contributed by atoms with van der Waals surface area (Å²) < 4.78 is 33.6. The summed E-state index contributed by atoms with van der Waals surface area (Å²) in [6.07, 6.45) is 32.2. The molecular weight excluding hydrogens is 840 g/mol. The number of esters is 2. The van der Waals surface area contributed by atoms with E-state index in [2.05, 4.69) is 38.2 Å². The fourth-order valence-corrected chi connectivity index (χ4v) is 8.88. The standard InChI is InChI=1S/C50H93O13P/c1-3-5-7-9-11-13-15-17-19-21-23-25-27-29-31-33-35-37-39-44(52)62-42(41-61-64(58,59)63-50-48(56)46(54)45(53)47(55)49(50)57)40-60-43(51)38-36-34-32-30-28-26-24-22-20-18-16-14-12-10-8-6-4-2/h13,15,19,21,42,45-50,53-57H,3-12,14,16-18,20,22-41H2,1-2H3,(H,58,59)/b15-13-,21-19-. The Balaban J connectivity index is 2.40. The van der Waals surface area contributed by atoms with Gasteiger partial charge < -0.3 is 39.9 Å². The zero-order chi connectivity index (χ0) is 47.1. The van der Waals surface area contributed by atoms with Crippen LogP contribution in [0, 0.1) is 0 Å². The second-order valence-electron chi connectivity index (χ2n) is 18.0. The van der Waals surface area contributed by atoms with Crippen LogP contribution in [0.1, 0.15) is 226 Å². The number of hydrogen-bond donors (Lipinski definition) is 6. The fourth-order valence-electron chi connectivity index (χ4n) is 7.91. The Morgan fingerprint density at radius 3 is 1.28 bits per heavy atom. The lowest BCUT2D eigenvalue weighted by molar-refractivity contribution is -0.220. The fraction of sp³-hybridized carbons (Fsp3) is 0.880. The highest BCUT2D eigenvalue weighted by atomic mass is 31.2. The monoisotopic (exact) mass is 933 g/mol. The molecule has 0 bridgehead atoms. The normalized spacial score (nSPS) is 21.7. The van der Waals surface area contributed by atoms with Crippen LogP contribution in [0.15, 0.2) is 24.3 Å². The molecule has 1 aliphatic carbocycles. The Morgan fingerprint density at radius 2 is 0.844 bits per heavy atom. The number of ether oxygens (including phenoxy) is 2. The van der Waals surface area contributed by atoms with Crippen LogP contribution in [0.5, 0.6) is 0 Å². The number of allylic oxidation sites excluding steroid dienone is 4. The van der Waals surface area contributed by atoms with Gasteiger partial charge in [-0.25, -0.2) is 4.57 Å². The third kappa shape index (κ3) is 32.1. The van der Waals surface area contributed by atoms with E-state index in [1.54, 1.807) is 0 Å². The van der Waals surface area contributed by atoms with E-state index in [9.17, 15) is 44.6 Å². The van der Waals surface area contributed by atoms with Crippen LogP contribution in [-0.2, 0) is 32.7 Å².